The summed E-state index contributed by atoms with van der Waals surface area (Å²) in [5, 5.41) is 11.8. The van der Waals surface area contributed by atoms with Crippen LogP contribution in [0.4, 0.5) is 0 Å². The second-order valence-electron chi connectivity index (χ2n) is 4.28. The molecule has 1 N–H and O–H groups in total. The third kappa shape index (κ3) is 2.21. The van der Waals surface area contributed by atoms with Crippen molar-refractivity contribution < 1.29 is 4.79 Å². The highest BCUT2D eigenvalue weighted by molar-refractivity contribution is 7.99. The Morgan fingerprint density at radius 1 is 1.67 bits per heavy atom. The van der Waals surface area contributed by atoms with Gasteiger partial charge in [-0.1, -0.05) is 6.92 Å². The number of rotatable bonds is 4. The third-order valence-corrected chi connectivity index (χ3v) is 4.02. The van der Waals surface area contributed by atoms with Crippen LogP contribution < -0.4 is 5.32 Å². The number of nitrogens with zero attached hydrogens (tertiary/aromatic N) is 2. The monoisotopic (exact) mass is 261 g/mol. The van der Waals surface area contributed by atoms with Gasteiger partial charge >= 0.3 is 0 Å². The average molecular weight is 261 g/mol. The smallest absolute Gasteiger partial charge is 0.270 e. The number of nitrogens with one attached hydrogen (secondary N) is 1. The van der Waals surface area contributed by atoms with Crippen LogP contribution in [0.3, 0.4) is 0 Å². The quantitative estimate of drug-likeness (QED) is 0.843. The van der Waals surface area contributed by atoms with E-state index in [2.05, 4.69) is 16.4 Å². The predicted molar refractivity (Wildman–Crippen MR) is 70.6 cm³/mol. The zero-order valence-corrected chi connectivity index (χ0v) is 11.3. The molecule has 1 aromatic heterocycles. The van der Waals surface area contributed by atoms with Crippen molar-refractivity contribution in [3.05, 3.63) is 23.5 Å². The highest BCUT2D eigenvalue weighted by Gasteiger charge is 2.45. The number of nitriles is 1. The normalized spacial score (nSPS) is 15.8. The third-order valence-electron chi connectivity index (χ3n) is 3.11. The van der Waals surface area contributed by atoms with Crippen LogP contribution in [-0.4, -0.2) is 23.7 Å². The van der Waals surface area contributed by atoms with Crippen LogP contribution in [0, 0.1) is 11.3 Å². The second-order valence-corrected chi connectivity index (χ2v) is 5.58. The first kappa shape index (κ1) is 12.9. The molecule has 0 saturated heterocycles. The molecule has 0 bridgehead atoms. The lowest BCUT2D eigenvalue weighted by Gasteiger charge is -2.11. The van der Waals surface area contributed by atoms with Gasteiger partial charge in [-0.2, -0.15) is 5.26 Å². The molecule has 0 unspecified atom stereocenters. The molecule has 5 heteroatoms. The fraction of sp³-hybridized carbons (Fsp3) is 0.462. The molecule has 1 aliphatic rings. The summed E-state index contributed by atoms with van der Waals surface area (Å²) in [5.41, 5.74) is 1.03. The summed E-state index contributed by atoms with van der Waals surface area (Å²) in [6.45, 7) is 2.03. The lowest BCUT2D eigenvalue weighted by Crippen LogP contribution is -2.20. The van der Waals surface area contributed by atoms with Gasteiger partial charge in [-0.3, -0.25) is 4.79 Å². The van der Waals surface area contributed by atoms with Crippen molar-refractivity contribution in [1.82, 2.24) is 10.3 Å². The number of pyridine rings is 1. The average Bonchev–Trinajstić information content (AvgIpc) is 3.19. The molecule has 94 valence electrons. The standard InChI is InChI=1S/C13H15N3OS/c1-3-18-10-6-9(13(8-14)4-5-13)7-16-11(10)12(17)15-2/h6-7H,3-5H2,1-2H3,(H,15,17). The number of carbonyl (C=O) groups excluding carboxylic acids is 1. The van der Waals surface area contributed by atoms with E-state index in [4.69, 9.17) is 0 Å². The van der Waals surface area contributed by atoms with Crippen molar-refractivity contribution in [3.63, 3.8) is 0 Å². The molecule has 18 heavy (non-hydrogen) atoms. The van der Waals surface area contributed by atoms with E-state index in [0.717, 1.165) is 29.1 Å². The fourth-order valence-corrected chi connectivity index (χ4v) is 2.65. The van der Waals surface area contributed by atoms with E-state index in [1.807, 2.05) is 13.0 Å². The Morgan fingerprint density at radius 3 is 2.89 bits per heavy atom. The summed E-state index contributed by atoms with van der Waals surface area (Å²) < 4.78 is 0. The largest absolute Gasteiger partial charge is 0.354 e. The van der Waals surface area contributed by atoms with Gasteiger partial charge in [-0.25, -0.2) is 4.98 Å². The highest BCUT2D eigenvalue weighted by atomic mass is 32.2. The topological polar surface area (TPSA) is 65.8 Å². The molecule has 0 spiro atoms. The minimum absolute atomic E-state index is 0.181. The lowest BCUT2D eigenvalue weighted by atomic mass is 9.99. The van der Waals surface area contributed by atoms with E-state index in [-0.39, 0.29) is 11.3 Å². The van der Waals surface area contributed by atoms with Gasteiger partial charge in [0.25, 0.3) is 5.91 Å². The van der Waals surface area contributed by atoms with Crippen molar-refractivity contribution in [2.24, 2.45) is 0 Å². The van der Waals surface area contributed by atoms with E-state index in [9.17, 15) is 10.1 Å². The van der Waals surface area contributed by atoms with E-state index in [1.54, 1.807) is 25.0 Å². The molecule has 1 saturated carbocycles. The maximum Gasteiger partial charge on any atom is 0.270 e. The van der Waals surface area contributed by atoms with Crippen molar-refractivity contribution >= 4 is 17.7 Å². The molecular formula is C13H15N3OS. The fourth-order valence-electron chi connectivity index (χ4n) is 1.85. The molecule has 4 nitrogen and oxygen atoms in total. The number of thioether (sulfide) groups is 1. The van der Waals surface area contributed by atoms with Crippen LogP contribution in [0.15, 0.2) is 17.2 Å². The van der Waals surface area contributed by atoms with E-state index in [1.165, 1.54) is 0 Å². The maximum absolute atomic E-state index is 11.7. The van der Waals surface area contributed by atoms with Gasteiger partial charge in [0, 0.05) is 18.1 Å². The van der Waals surface area contributed by atoms with Gasteiger partial charge in [0.15, 0.2) is 0 Å². The zero-order valence-electron chi connectivity index (χ0n) is 10.5. The summed E-state index contributed by atoms with van der Waals surface area (Å²) in [6, 6.07) is 4.30. The summed E-state index contributed by atoms with van der Waals surface area (Å²) in [6.07, 6.45) is 3.45. The number of carbonyl (C=O) groups is 1. The number of amides is 1. The molecule has 1 fully saturated rings. The Balaban J connectivity index is 2.41. The van der Waals surface area contributed by atoms with E-state index in [0.29, 0.717) is 5.69 Å². The Morgan fingerprint density at radius 2 is 2.39 bits per heavy atom. The van der Waals surface area contributed by atoms with Gasteiger partial charge in [-0.05, 0) is 30.2 Å². The van der Waals surface area contributed by atoms with Gasteiger partial charge < -0.3 is 5.32 Å². The first-order valence-corrected chi connectivity index (χ1v) is 6.92. The summed E-state index contributed by atoms with van der Waals surface area (Å²) in [4.78, 5) is 16.8. The van der Waals surface area contributed by atoms with Crippen LogP contribution in [-0.2, 0) is 5.41 Å². The molecule has 2 rings (SSSR count). The van der Waals surface area contributed by atoms with Crippen molar-refractivity contribution in [2.75, 3.05) is 12.8 Å². The lowest BCUT2D eigenvalue weighted by molar-refractivity contribution is 0.0955. The summed E-state index contributed by atoms with van der Waals surface area (Å²) in [7, 11) is 1.59. The maximum atomic E-state index is 11.7. The number of hydrogen-bond donors (Lipinski definition) is 1. The van der Waals surface area contributed by atoms with Gasteiger partial charge in [-0.15, -0.1) is 11.8 Å². The molecular weight excluding hydrogens is 246 g/mol. The molecule has 0 atom stereocenters. The van der Waals surface area contributed by atoms with Crippen molar-refractivity contribution in [3.8, 4) is 6.07 Å². The highest BCUT2D eigenvalue weighted by Crippen LogP contribution is 2.48. The van der Waals surface area contributed by atoms with Crippen LogP contribution in [0.25, 0.3) is 0 Å². The molecule has 0 aromatic carbocycles. The SMILES string of the molecule is CCSc1cc(C2(C#N)CC2)cnc1C(=O)NC. The Kier molecular flexibility index (Phi) is 3.58. The van der Waals surface area contributed by atoms with Crippen LogP contribution in [0.5, 0.6) is 0 Å². The van der Waals surface area contributed by atoms with Crippen molar-refractivity contribution in [1.29, 1.82) is 5.26 Å². The molecule has 1 amide bonds. The van der Waals surface area contributed by atoms with E-state index >= 15 is 0 Å². The Hall–Kier alpha value is -1.54. The minimum atomic E-state index is -0.350. The first-order valence-electron chi connectivity index (χ1n) is 5.93. The van der Waals surface area contributed by atoms with Crippen molar-refractivity contribution in [2.45, 2.75) is 30.1 Å². The summed E-state index contributed by atoms with van der Waals surface area (Å²) >= 11 is 1.58. The molecule has 0 radical (unpaired) electrons. The van der Waals surface area contributed by atoms with E-state index < -0.39 is 0 Å². The molecule has 1 aromatic rings. The molecule has 1 aliphatic carbocycles. The number of aromatic nitrogens is 1. The van der Waals surface area contributed by atoms with Crippen LogP contribution >= 0.6 is 11.8 Å². The first-order chi connectivity index (χ1) is 8.66. The Bertz CT molecular complexity index is 517. The minimum Gasteiger partial charge on any atom is -0.354 e. The van der Waals surface area contributed by atoms with Gasteiger partial charge in [0.2, 0.25) is 0 Å². The second kappa shape index (κ2) is 4.99. The summed E-state index contributed by atoms with van der Waals surface area (Å²) in [5.74, 6) is 0.689. The van der Waals surface area contributed by atoms with Crippen LogP contribution in [0.2, 0.25) is 0 Å². The number of hydrogen-bond acceptors (Lipinski definition) is 4. The molecule has 1 heterocycles. The van der Waals surface area contributed by atoms with Gasteiger partial charge in [0.1, 0.15) is 5.69 Å². The molecule has 0 aliphatic heterocycles. The predicted octanol–water partition coefficient (Wildman–Crippen LogP) is 2.11. The zero-order chi connectivity index (χ0) is 13.2. The van der Waals surface area contributed by atoms with Gasteiger partial charge in [0.05, 0.1) is 11.5 Å². The van der Waals surface area contributed by atoms with Crippen LogP contribution in [0.1, 0.15) is 35.8 Å². The Labute approximate surface area is 111 Å².